The molecule has 0 spiro atoms. The highest BCUT2D eigenvalue weighted by atomic mass is 16.2. The van der Waals surface area contributed by atoms with Crippen LogP contribution in [0.5, 0.6) is 0 Å². The lowest BCUT2D eigenvalue weighted by molar-refractivity contribution is -0.123. The topological polar surface area (TPSA) is 74.0 Å². The third kappa shape index (κ3) is 4.41. The minimum atomic E-state index is -0.762. The summed E-state index contributed by atoms with van der Waals surface area (Å²) in [6.07, 6.45) is 2.67. The maximum Gasteiger partial charge on any atom is 0.252 e. The van der Waals surface area contributed by atoms with E-state index in [0.717, 1.165) is 22.0 Å². The Labute approximate surface area is 175 Å². The van der Waals surface area contributed by atoms with Gasteiger partial charge in [-0.25, -0.2) is 0 Å². The van der Waals surface area contributed by atoms with Crippen molar-refractivity contribution in [2.45, 2.75) is 12.5 Å². The maximum absolute atomic E-state index is 13.0. The van der Waals surface area contributed by atoms with Crippen LogP contribution in [0.2, 0.25) is 0 Å². The van der Waals surface area contributed by atoms with Gasteiger partial charge in [-0.2, -0.15) is 0 Å². The zero-order valence-corrected chi connectivity index (χ0v) is 16.5. The van der Waals surface area contributed by atoms with E-state index in [1.165, 1.54) is 0 Å². The second-order valence-corrected chi connectivity index (χ2v) is 7.08. The van der Waals surface area contributed by atoms with Crippen molar-refractivity contribution in [3.05, 3.63) is 108 Å². The number of hydrogen-bond acceptors (Lipinski definition) is 2. The number of carbonyl (C=O) groups excluding carboxylic acids is 2. The Balaban J connectivity index is 1.45. The summed E-state index contributed by atoms with van der Waals surface area (Å²) in [5, 5.41) is 7.00. The molecule has 5 heteroatoms. The molecule has 5 nitrogen and oxygen atoms in total. The van der Waals surface area contributed by atoms with Crippen molar-refractivity contribution < 1.29 is 9.59 Å². The van der Waals surface area contributed by atoms with Gasteiger partial charge in [0.1, 0.15) is 6.04 Å². The average molecular weight is 397 g/mol. The number of nitrogens with one attached hydrogen (secondary N) is 3. The Kier molecular flexibility index (Phi) is 5.90. The molecule has 1 heterocycles. The predicted octanol–water partition coefficient (Wildman–Crippen LogP) is 4.00. The molecule has 2 amide bonds. The summed E-state index contributed by atoms with van der Waals surface area (Å²) in [5.74, 6) is -0.512. The molecular weight excluding hydrogens is 374 g/mol. The van der Waals surface area contributed by atoms with Crippen molar-refractivity contribution >= 4 is 22.7 Å². The van der Waals surface area contributed by atoms with Crippen LogP contribution in [0.3, 0.4) is 0 Å². The van der Waals surface area contributed by atoms with Gasteiger partial charge in [0.25, 0.3) is 5.91 Å². The second-order valence-electron chi connectivity index (χ2n) is 7.08. The van der Waals surface area contributed by atoms with E-state index in [0.29, 0.717) is 18.5 Å². The first-order valence-corrected chi connectivity index (χ1v) is 9.96. The fourth-order valence-electron chi connectivity index (χ4n) is 3.51. The Morgan fingerprint density at radius 2 is 1.50 bits per heavy atom. The molecular formula is C25H23N3O2. The lowest BCUT2D eigenvalue weighted by Gasteiger charge is -2.19. The summed E-state index contributed by atoms with van der Waals surface area (Å²) < 4.78 is 0. The van der Waals surface area contributed by atoms with Crippen LogP contribution >= 0.6 is 0 Å². The fraction of sp³-hybridized carbons (Fsp3) is 0.120. The summed E-state index contributed by atoms with van der Waals surface area (Å²) in [7, 11) is 0. The number of aromatic amines is 1. The van der Waals surface area contributed by atoms with Crippen molar-refractivity contribution in [3.63, 3.8) is 0 Å². The summed E-state index contributed by atoms with van der Waals surface area (Å²) in [6.45, 7) is 0.477. The zero-order chi connectivity index (χ0) is 20.8. The molecule has 3 N–H and O–H groups in total. The Morgan fingerprint density at radius 1 is 0.833 bits per heavy atom. The van der Waals surface area contributed by atoms with Gasteiger partial charge >= 0.3 is 0 Å². The van der Waals surface area contributed by atoms with Crippen molar-refractivity contribution in [1.29, 1.82) is 0 Å². The van der Waals surface area contributed by atoms with E-state index < -0.39 is 6.04 Å². The number of fused-ring (bicyclic) bond motifs is 1. The Bertz CT molecular complexity index is 1140. The summed E-state index contributed by atoms with van der Waals surface area (Å²) in [6, 6.07) is 25.5. The number of rotatable bonds is 7. The lowest BCUT2D eigenvalue weighted by Crippen LogP contribution is -2.41. The third-order valence-electron chi connectivity index (χ3n) is 5.07. The maximum atomic E-state index is 13.0. The number of hydrogen-bond donors (Lipinski definition) is 3. The van der Waals surface area contributed by atoms with E-state index >= 15 is 0 Å². The molecule has 1 unspecified atom stereocenters. The molecule has 150 valence electrons. The number of benzene rings is 3. The molecule has 0 aliphatic carbocycles. The molecule has 4 aromatic rings. The van der Waals surface area contributed by atoms with Crippen molar-refractivity contribution in [2.75, 3.05) is 6.54 Å². The molecule has 4 rings (SSSR count). The molecule has 0 fully saturated rings. The van der Waals surface area contributed by atoms with Crippen LogP contribution in [-0.4, -0.2) is 23.3 Å². The van der Waals surface area contributed by atoms with E-state index in [1.807, 2.05) is 60.8 Å². The van der Waals surface area contributed by atoms with Crippen LogP contribution < -0.4 is 10.6 Å². The number of amides is 2. The number of para-hydroxylation sites is 1. The third-order valence-corrected chi connectivity index (χ3v) is 5.07. The van der Waals surface area contributed by atoms with Gasteiger partial charge < -0.3 is 15.6 Å². The van der Waals surface area contributed by atoms with Gasteiger partial charge in [-0.1, -0.05) is 66.7 Å². The Hall–Kier alpha value is -3.86. The summed E-state index contributed by atoms with van der Waals surface area (Å²) >= 11 is 0. The lowest BCUT2D eigenvalue weighted by atomic mass is 10.0. The predicted molar refractivity (Wildman–Crippen MR) is 118 cm³/mol. The van der Waals surface area contributed by atoms with Crippen molar-refractivity contribution in [2.24, 2.45) is 0 Å². The molecule has 3 aromatic carbocycles. The van der Waals surface area contributed by atoms with Crippen molar-refractivity contribution in [1.82, 2.24) is 15.6 Å². The highest BCUT2D eigenvalue weighted by Gasteiger charge is 2.23. The number of carbonyl (C=O) groups is 2. The van der Waals surface area contributed by atoms with Crippen LogP contribution in [0.1, 0.15) is 27.5 Å². The van der Waals surface area contributed by atoms with Crippen LogP contribution in [0.4, 0.5) is 0 Å². The first-order valence-electron chi connectivity index (χ1n) is 9.96. The van der Waals surface area contributed by atoms with E-state index in [2.05, 4.69) is 21.7 Å². The van der Waals surface area contributed by atoms with Crippen LogP contribution in [-0.2, 0) is 11.2 Å². The van der Waals surface area contributed by atoms with Gasteiger partial charge in [0.2, 0.25) is 5.91 Å². The van der Waals surface area contributed by atoms with Crippen LogP contribution in [0, 0.1) is 0 Å². The minimum Gasteiger partial charge on any atom is -0.361 e. The molecule has 0 saturated heterocycles. The van der Waals surface area contributed by atoms with Crippen LogP contribution in [0.15, 0.2) is 91.1 Å². The molecule has 0 aliphatic rings. The zero-order valence-electron chi connectivity index (χ0n) is 16.5. The fourth-order valence-corrected chi connectivity index (χ4v) is 3.51. The normalized spacial score (nSPS) is 11.7. The first kappa shape index (κ1) is 19.5. The van der Waals surface area contributed by atoms with Gasteiger partial charge in [0.05, 0.1) is 0 Å². The van der Waals surface area contributed by atoms with E-state index in [1.54, 1.807) is 24.3 Å². The van der Waals surface area contributed by atoms with E-state index in [9.17, 15) is 9.59 Å². The van der Waals surface area contributed by atoms with Gasteiger partial charge in [-0.3, -0.25) is 9.59 Å². The Morgan fingerprint density at radius 3 is 2.27 bits per heavy atom. The molecule has 1 atom stereocenters. The average Bonchev–Trinajstić information content (AvgIpc) is 3.21. The highest BCUT2D eigenvalue weighted by molar-refractivity contribution is 5.97. The summed E-state index contributed by atoms with van der Waals surface area (Å²) in [4.78, 5) is 28.9. The smallest absolute Gasteiger partial charge is 0.252 e. The molecule has 0 aliphatic heterocycles. The van der Waals surface area contributed by atoms with E-state index in [4.69, 9.17) is 0 Å². The van der Waals surface area contributed by atoms with Gasteiger partial charge in [0, 0.05) is 29.2 Å². The molecule has 30 heavy (non-hydrogen) atoms. The van der Waals surface area contributed by atoms with Gasteiger partial charge in [-0.15, -0.1) is 0 Å². The molecule has 0 bridgehead atoms. The molecule has 1 aromatic heterocycles. The largest absolute Gasteiger partial charge is 0.361 e. The van der Waals surface area contributed by atoms with Gasteiger partial charge in [-0.05, 0) is 35.7 Å². The minimum absolute atomic E-state index is 0.231. The van der Waals surface area contributed by atoms with E-state index in [-0.39, 0.29) is 11.8 Å². The molecule has 0 radical (unpaired) electrons. The summed E-state index contributed by atoms with van der Waals surface area (Å²) in [5.41, 5.74) is 3.49. The van der Waals surface area contributed by atoms with Crippen LogP contribution in [0.25, 0.3) is 10.9 Å². The standard InChI is InChI=1S/C25H23N3O2/c29-24(19-11-5-2-6-12-19)28-23(18-9-3-1-4-10-18)25(30)26-16-15-20-17-27-22-14-8-7-13-21(20)22/h1-14,17,23,27H,15-16H2,(H,26,30)(H,28,29). The van der Waals surface area contributed by atoms with Gasteiger partial charge in [0.15, 0.2) is 0 Å². The number of aromatic nitrogens is 1. The molecule has 0 saturated carbocycles. The highest BCUT2D eigenvalue weighted by Crippen LogP contribution is 2.18. The SMILES string of the molecule is O=C(NC(C(=O)NCCc1c[nH]c2ccccc12)c1ccccc1)c1ccccc1. The monoisotopic (exact) mass is 397 g/mol. The first-order chi connectivity index (χ1) is 14.7. The van der Waals surface area contributed by atoms with Crippen molar-refractivity contribution in [3.8, 4) is 0 Å². The quantitative estimate of drug-likeness (QED) is 0.441. The number of H-pyrrole nitrogens is 1. The second kappa shape index (κ2) is 9.09.